The van der Waals surface area contributed by atoms with Crippen LogP contribution in [0.4, 0.5) is 0 Å². The Morgan fingerprint density at radius 2 is 2.00 bits per heavy atom. The van der Waals surface area contributed by atoms with Crippen LogP contribution in [0.1, 0.15) is 20.3 Å². The molecule has 0 saturated carbocycles. The van der Waals surface area contributed by atoms with Gasteiger partial charge in [-0.3, -0.25) is 4.68 Å². The van der Waals surface area contributed by atoms with Crippen LogP contribution in [0.3, 0.4) is 0 Å². The van der Waals surface area contributed by atoms with Gasteiger partial charge < -0.3 is 4.90 Å². The smallest absolute Gasteiger partial charge is 0.243 e. The van der Waals surface area contributed by atoms with E-state index < -0.39 is 10.0 Å². The summed E-state index contributed by atoms with van der Waals surface area (Å²) < 4.78 is 28.2. The number of hydrogen-bond acceptors (Lipinski definition) is 4. The Morgan fingerprint density at radius 3 is 2.55 bits per heavy atom. The highest BCUT2D eigenvalue weighted by molar-refractivity contribution is 7.89. The summed E-state index contributed by atoms with van der Waals surface area (Å²) in [4.78, 5) is 2.56. The van der Waals surface area contributed by atoms with Crippen LogP contribution in [0.15, 0.2) is 17.3 Å². The van der Waals surface area contributed by atoms with Crippen molar-refractivity contribution < 1.29 is 8.42 Å². The van der Waals surface area contributed by atoms with Crippen molar-refractivity contribution in [1.82, 2.24) is 19.4 Å². The molecule has 2 heterocycles. The minimum absolute atomic E-state index is 0.223. The first-order chi connectivity index (χ1) is 9.37. The first-order valence-corrected chi connectivity index (χ1v) is 8.56. The number of rotatable bonds is 5. The molecule has 0 bridgehead atoms. The van der Waals surface area contributed by atoms with Crippen molar-refractivity contribution in [2.24, 2.45) is 18.9 Å². The highest BCUT2D eigenvalue weighted by atomic mass is 32.2. The molecule has 0 aliphatic carbocycles. The lowest BCUT2D eigenvalue weighted by atomic mass is 9.92. The molecule has 1 aromatic rings. The number of hydrogen-bond donors (Lipinski definition) is 1. The van der Waals surface area contributed by atoms with Gasteiger partial charge in [0.15, 0.2) is 0 Å². The molecular weight excluding hydrogens is 276 g/mol. The van der Waals surface area contributed by atoms with E-state index in [2.05, 4.69) is 28.6 Å². The van der Waals surface area contributed by atoms with Crippen molar-refractivity contribution in [2.75, 3.05) is 26.2 Å². The van der Waals surface area contributed by atoms with Gasteiger partial charge in [-0.25, -0.2) is 13.1 Å². The molecule has 0 radical (unpaired) electrons. The SMILES string of the molecule is C[C@@H]1C[C@H](C)CN(CCNS(=O)(=O)c2cnn(C)c2)C1. The van der Waals surface area contributed by atoms with Crippen molar-refractivity contribution >= 4 is 10.0 Å². The van der Waals surface area contributed by atoms with Gasteiger partial charge in [0, 0.05) is 39.4 Å². The molecule has 2 atom stereocenters. The van der Waals surface area contributed by atoms with Gasteiger partial charge in [-0.1, -0.05) is 13.8 Å². The Labute approximate surface area is 121 Å². The summed E-state index contributed by atoms with van der Waals surface area (Å²) in [7, 11) is -1.72. The predicted octanol–water partition coefficient (Wildman–Crippen LogP) is 0.676. The highest BCUT2D eigenvalue weighted by Crippen LogP contribution is 2.20. The fourth-order valence-corrected chi connectivity index (χ4v) is 3.94. The Kier molecular flexibility index (Phi) is 4.82. The van der Waals surface area contributed by atoms with Crippen LogP contribution in [0.2, 0.25) is 0 Å². The average Bonchev–Trinajstić information content (AvgIpc) is 2.75. The van der Waals surface area contributed by atoms with Gasteiger partial charge in [0.25, 0.3) is 0 Å². The minimum Gasteiger partial charge on any atom is -0.302 e. The summed E-state index contributed by atoms with van der Waals surface area (Å²) in [6.45, 7) is 7.81. The molecule has 2 rings (SSSR count). The van der Waals surface area contributed by atoms with Crippen LogP contribution in [0.5, 0.6) is 0 Å². The number of piperidine rings is 1. The Morgan fingerprint density at radius 1 is 1.35 bits per heavy atom. The van der Waals surface area contributed by atoms with Crippen LogP contribution in [-0.2, 0) is 17.1 Å². The first kappa shape index (κ1) is 15.5. The molecule has 0 aromatic carbocycles. The van der Waals surface area contributed by atoms with E-state index in [1.165, 1.54) is 23.5 Å². The molecule has 1 aliphatic heterocycles. The third-order valence-electron chi connectivity index (χ3n) is 3.66. The van der Waals surface area contributed by atoms with E-state index in [1.807, 2.05) is 0 Å². The van der Waals surface area contributed by atoms with E-state index in [4.69, 9.17) is 0 Å². The summed E-state index contributed by atoms with van der Waals surface area (Å²) in [5, 5.41) is 3.89. The van der Waals surface area contributed by atoms with Gasteiger partial charge in [0.1, 0.15) is 4.90 Å². The molecule has 1 aliphatic rings. The fraction of sp³-hybridized carbons (Fsp3) is 0.769. The van der Waals surface area contributed by atoms with Crippen molar-refractivity contribution in [2.45, 2.75) is 25.2 Å². The Bertz CT molecular complexity index is 530. The van der Waals surface area contributed by atoms with Crippen LogP contribution in [0.25, 0.3) is 0 Å². The van der Waals surface area contributed by atoms with Crippen molar-refractivity contribution in [3.05, 3.63) is 12.4 Å². The van der Waals surface area contributed by atoms with Crippen molar-refractivity contribution in [3.63, 3.8) is 0 Å². The molecule has 20 heavy (non-hydrogen) atoms. The van der Waals surface area contributed by atoms with E-state index in [-0.39, 0.29) is 4.90 Å². The molecular formula is C13H24N4O2S. The number of aromatic nitrogens is 2. The third kappa shape index (κ3) is 4.04. The van der Waals surface area contributed by atoms with Gasteiger partial charge in [-0.15, -0.1) is 0 Å². The molecule has 1 fully saturated rings. The van der Waals surface area contributed by atoms with Crippen LogP contribution < -0.4 is 4.72 Å². The van der Waals surface area contributed by atoms with Crippen LogP contribution >= 0.6 is 0 Å². The highest BCUT2D eigenvalue weighted by Gasteiger charge is 2.22. The Hall–Kier alpha value is -0.920. The molecule has 6 nitrogen and oxygen atoms in total. The standard InChI is InChI=1S/C13H24N4O2S/c1-11-6-12(2)9-17(8-11)5-4-15-20(18,19)13-7-14-16(3)10-13/h7,10-12,15H,4-6,8-9H2,1-3H3/t11-,12+. The summed E-state index contributed by atoms with van der Waals surface area (Å²) in [5.41, 5.74) is 0. The van der Waals surface area contributed by atoms with Crippen LogP contribution in [-0.4, -0.2) is 49.3 Å². The van der Waals surface area contributed by atoms with Gasteiger partial charge in [0.2, 0.25) is 10.0 Å². The lowest BCUT2D eigenvalue weighted by molar-refractivity contribution is 0.143. The maximum Gasteiger partial charge on any atom is 0.243 e. The second-order valence-corrected chi connectivity index (χ2v) is 7.72. The lowest BCUT2D eigenvalue weighted by Gasteiger charge is -2.34. The second kappa shape index (κ2) is 6.24. The van der Waals surface area contributed by atoms with Gasteiger partial charge in [-0.2, -0.15) is 5.10 Å². The Balaban J connectivity index is 1.83. The normalized spacial score (nSPS) is 24.9. The largest absolute Gasteiger partial charge is 0.302 e. The lowest BCUT2D eigenvalue weighted by Crippen LogP contribution is -2.42. The molecule has 0 spiro atoms. The predicted molar refractivity (Wildman–Crippen MR) is 77.8 cm³/mol. The molecule has 7 heteroatoms. The molecule has 1 aromatic heterocycles. The molecule has 1 saturated heterocycles. The molecule has 1 N–H and O–H groups in total. The van der Waals surface area contributed by atoms with Crippen molar-refractivity contribution in [1.29, 1.82) is 0 Å². The molecule has 0 amide bonds. The number of nitrogens with one attached hydrogen (secondary N) is 1. The zero-order valence-corrected chi connectivity index (χ0v) is 13.2. The van der Waals surface area contributed by atoms with E-state index in [0.717, 1.165) is 19.6 Å². The van der Waals surface area contributed by atoms with Gasteiger partial charge in [-0.05, 0) is 18.3 Å². The van der Waals surface area contributed by atoms with E-state index in [0.29, 0.717) is 18.4 Å². The van der Waals surface area contributed by atoms with Crippen molar-refractivity contribution in [3.8, 4) is 0 Å². The number of likely N-dealkylation sites (tertiary alicyclic amines) is 1. The number of aryl methyl sites for hydroxylation is 1. The van der Waals surface area contributed by atoms with Crippen LogP contribution in [0, 0.1) is 11.8 Å². The third-order valence-corrected chi connectivity index (χ3v) is 5.07. The molecule has 114 valence electrons. The maximum atomic E-state index is 12.0. The fourth-order valence-electron chi connectivity index (χ4n) is 2.93. The quantitative estimate of drug-likeness (QED) is 0.868. The summed E-state index contributed by atoms with van der Waals surface area (Å²) in [6, 6.07) is 0. The molecule has 0 unspecified atom stereocenters. The number of sulfonamides is 1. The zero-order chi connectivity index (χ0) is 14.8. The monoisotopic (exact) mass is 300 g/mol. The van der Waals surface area contributed by atoms with Gasteiger partial charge >= 0.3 is 0 Å². The average molecular weight is 300 g/mol. The van der Waals surface area contributed by atoms with Gasteiger partial charge in [0.05, 0.1) is 6.20 Å². The zero-order valence-electron chi connectivity index (χ0n) is 12.4. The van der Waals surface area contributed by atoms with E-state index in [9.17, 15) is 8.42 Å². The summed E-state index contributed by atoms with van der Waals surface area (Å²) >= 11 is 0. The first-order valence-electron chi connectivity index (χ1n) is 7.07. The van der Waals surface area contributed by atoms with E-state index >= 15 is 0 Å². The maximum absolute atomic E-state index is 12.0. The second-order valence-electron chi connectivity index (χ2n) is 5.95. The minimum atomic E-state index is -3.43. The number of nitrogens with zero attached hydrogens (tertiary/aromatic N) is 3. The summed E-state index contributed by atoms with van der Waals surface area (Å²) in [5.74, 6) is 1.38. The topological polar surface area (TPSA) is 67.2 Å². The summed E-state index contributed by atoms with van der Waals surface area (Å²) in [6.07, 6.45) is 4.14. The van der Waals surface area contributed by atoms with E-state index in [1.54, 1.807) is 7.05 Å².